The van der Waals surface area contributed by atoms with Crippen LogP contribution in [0, 0.1) is 0 Å². The molecule has 2 amide bonds. The second kappa shape index (κ2) is 16.3. The Labute approximate surface area is 369 Å². The van der Waals surface area contributed by atoms with Crippen LogP contribution in [0.3, 0.4) is 0 Å². The summed E-state index contributed by atoms with van der Waals surface area (Å²) in [5, 5.41) is 37.5. The Morgan fingerprint density at radius 2 is 1.00 bits per heavy atom. The van der Waals surface area contributed by atoms with Crippen molar-refractivity contribution in [3.63, 3.8) is 0 Å². The van der Waals surface area contributed by atoms with Crippen LogP contribution in [0.15, 0.2) is 72.8 Å². The lowest BCUT2D eigenvalue weighted by Crippen LogP contribution is -2.44. The number of nitrogens with one attached hydrogen (secondary N) is 6. The number of aromatic nitrogens is 2. The number of H-pyrrole nitrogens is 2. The van der Waals surface area contributed by atoms with Gasteiger partial charge in [-0.25, -0.2) is 0 Å². The van der Waals surface area contributed by atoms with E-state index < -0.39 is 23.3 Å². The second-order valence-corrected chi connectivity index (χ2v) is 18.7. The van der Waals surface area contributed by atoms with E-state index in [-0.39, 0.29) is 30.7 Å². The SMILES string of the molecule is O=C(NCC1(O)CCCCC1)c1ccc2[nH]c(-c3ccc(Cl)c4c3C(C(=O)C3NCc5c(Cl)ccc(-c6cc7cc(C(=O)NCC8(O)CCCCC8)ccc7[nH]6)c53)NC4)cc2c1. The third-order valence-electron chi connectivity index (χ3n) is 13.8. The third-order valence-corrected chi connectivity index (χ3v) is 14.5. The van der Waals surface area contributed by atoms with Crippen LogP contribution in [0.25, 0.3) is 44.3 Å². The number of benzene rings is 4. The van der Waals surface area contributed by atoms with Crippen LogP contribution in [0.4, 0.5) is 0 Å². The van der Waals surface area contributed by atoms with Crippen molar-refractivity contribution in [2.45, 2.75) is 101 Å². The van der Waals surface area contributed by atoms with Crippen molar-refractivity contribution < 1.29 is 24.6 Å². The zero-order valence-electron chi connectivity index (χ0n) is 34.4. The van der Waals surface area contributed by atoms with Gasteiger partial charge in [0, 0.05) is 91.7 Å². The predicted molar refractivity (Wildman–Crippen MR) is 242 cm³/mol. The van der Waals surface area contributed by atoms with Gasteiger partial charge in [0.2, 0.25) is 0 Å². The molecule has 2 unspecified atom stereocenters. The van der Waals surface area contributed by atoms with Gasteiger partial charge in [0.25, 0.3) is 11.8 Å². The molecule has 0 radical (unpaired) electrons. The first kappa shape index (κ1) is 41.0. The summed E-state index contributed by atoms with van der Waals surface area (Å²) in [6.45, 7) is 1.28. The number of hydrogen-bond acceptors (Lipinski definition) is 7. The molecule has 62 heavy (non-hydrogen) atoms. The van der Waals surface area contributed by atoms with Crippen LogP contribution in [-0.4, -0.2) is 62.1 Å². The number of carbonyl (C=O) groups excluding carboxylic acids is 3. The predicted octanol–water partition coefficient (Wildman–Crippen LogP) is 8.70. The van der Waals surface area contributed by atoms with E-state index in [1.54, 1.807) is 12.1 Å². The minimum atomic E-state index is -0.859. The number of ketones is 1. The van der Waals surface area contributed by atoms with Gasteiger partial charge in [-0.2, -0.15) is 0 Å². The average Bonchev–Trinajstić information content (AvgIpc) is 4.10. The van der Waals surface area contributed by atoms with E-state index >= 15 is 0 Å². The maximum absolute atomic E-state index is 15.0. The van der Waals surface area contributed by atoms with Gasteiger partial charge in [0.05, 0.1) is 23.3 Å². The molecule has 320 valence electrons. The van der Waals surface area contributed by atoms with Gasteiger partial charge in [0.1, 0.15) is 0 Å². The van der Waals surface area contributed by atoms with E-state index in [0.717, 1.165) is 105 Å². The van der Waals surface area contributed by atoms with Crippen LogP contribution < -0.4 is 21.3 Å². The van der Waals surface area contributed by atoms with Crippen molar-refractivity contribution in [3.8, 4) is 22.5 Å². The Kier molecular flexibility index (Phi) is 10.8. The fourth-order valence-corrected chi connectivity index (χ4v) is 10.8. The van der Waals surface area contributed by atoms with Crippen LogP contribution in [0.5, 0.6) is 0 Å². The number of amides is 2. The summed E-state index contributed by atoms with van der Waals surface area (Å²) >= 11 is 13.7. The van der Waals surface area contributed by atoms with Crippen molar-refractivity contribution in [2.24, 2.45) is 0 Å². The molecule has 4 aromatic carbocycles. The van der Waals surface area contributed by atoms with Gasteiger partial charge in [-0.3, -0.25) is 25.0 Å². The molecule has 6 aromatic rings. The number of aromatic amines is 2. The molecule has 2 saturated carbocycles. The smallest absolute Gasteiger partial charge is 0.251 e. The van der Waals surface area contributed by atoms with Gasteiger partial charge in [-0.1, -0.05) is 73.9 Å². The quantitative estimate of drug-likeness (QED) is 0.0681. The molecular formula is C49H50Cl2N6O5. The number of rotatable bonds is 10. The summed E-state index contributed by atoms with van der Waals surface area (Å²) in [5.41, 5.74) is 7.56. The molecule has 2 fully saturated rings. The highest BCUT2D eigenvalue weighted by Gasteiger charge is 2.41. The van der Waals surface area contributed by atoms with Crippen LogP contribution in [-0.2, 0) is 17.9 Å². The van der Waals surface area contributed by atoms with Gasteiger partial charge >= 0.3 is 0 Å². The number of Topliss-reactive ketones (excluding diaryl/α,β-unsaturated/α-hetero) is 1. The lowest BCUT2D eigenvalue weighted by molar-refractivity contribution is -0.123. The van der Waals surface area contributed by atoms with Crippen LogP contribution >= 0.6 is 23.2 Å². The third kappa shape index (κ3) is 7.62. The molecule has 4 heterocycles. The van der Waals surface area contributed by atoms with Crippen molar-refractivity contribution >= 4 is 62.6 Å². The maximum atomic E-state index is 15.0. The molecule has 2 aliphatic carbocycles. The molecule has 0 spiro atoms. The van der Waals surface area contributed by atoms with Crippen molar-refractivity contribution in [2.75, 3.05) is 13.1 Å². The van der Waals surface area contributed by atoms with Crippen LogP contribution in [0.2, 0.25) is 10.0 Å². The monoisotopic (exact) mass is 872 g/mol. The Balaban J connectivity index is 0.920. The molecule has 11 nitrogen and oxygen atoms in total. The minimum Gasteiger partial charge on any atom is -0.388 e. The summed E-state index contributed by atoms with van der Waals surface area (Å²) in [4.78, 5) is 48.5. The first-order chi connectivity index (χ1) is 30.0. The number of aliphatic hydroxyl groups is 2. The molecule has 2 aliphatic heterocycles. The molecule has 10 rings (SSSR count). The van der Waals surface area contributed by atoms with Gasteiger partial charge < -0.3 is 30.8 Å². The number of carbonyl (C=O) groups is 3. The van der Waals surface area contributed by atoms with Crippen molar-refractivity contribution in [3.05, 3.63) is 116 Å². The zero-order chi connectivity index (χ0) is 42.8. The molecule has 4 aliphatic rings. The summed E-state index contributed by atoms with van der Waals surface area (Å²) in [5.74, 6) is -0.532. The topological polar surface area (TPSA) is 171 Å². The first-order valence-electron chi connectivity index (χ1n) is 21.9. The molecule has 2 atom stereocenters. The van der Waals surface area contributed by atoms with E-state index in [4.69, 9.17) is 23.2 Å². The summed E-state index contributed by atoms with van der Waals surface area (Å²) < 4.78 is 0. The largest absolute Gasteiger partial charge is 0.388 e. The highest BCUT2D eigenvalue weighted by atomic mass is 35.5. The lowest BCUT2D eigenvalue weighted by atomic mass is 9.85. The highest BCUT2D eigenvalue weighted by Crippen LogP contribution is 2.45. The van der Waals surface area contributed by atoms with E-state index in [1.165, 1.54) is 0 Å². The van der Waals surface area contributed by atoms with E-state index in [0.29, 0.717) is 59.9 Å². The molecule has 13 heteroatoms. The van der Waals surface area contributed by atoms with Crippen LogP contribution in [0.1, 0.15) is 119 Å². The first-order valence-corrected chi connectivity index (χ1v) is 22.6. The molecule has 8 N–H and O–H groups in total. The van der Waals surface area contributed by atoms with Gasteiger partial charge in [-0.05, 0) is 109 Å². The normalized spacial score (nSPS) is 20.3. The molecule has 0 saturated heterocycles. The lowest BCUT2D eigenvalue weighted by Gasteiger charge is -2.32. The standard InChI is InChI=1S/C49H50Cl2N6O5/c50-35-11-9-31(39-21-29-19-27(7-13-37(29)56-39)46(59)54-25-48(61)15-3-1-4-16-48)41-33(35)23-52-43(41)45(58)44-42-32(10-12-36(51)34(42)24-53-44)40-22-30-20-28(8-14-38(30)57-40)47(60)55-26-49(62)17-5-2-6-18-49/h7-14,19-22,43-44,52-53,56-57,61-62H,1-6,15-18,23-26H2,(H,54,59)(H,55,60). The summed E-state index contributed by atoms with van der Waals surface area (Å²) in [7, 11) is 0. The van der Waals surface area contributed by atoms with Gasteiger partial charge in [-0.15, -0.1) is 0 Å². The highest BCUT2D eigenvalue weighted by molar-refractivity contribution is 6.32. The van der Waals surface area contributed by atoms with E-state index in [1.807, 2.05) is 60.7 Å². The molecule has 0 bridgehead atoms. The fourth-order valence-electron chi connectivity index (χ4n) is 10.3. The number of fused-ring (bicyclic) bond motifs is 4. The van der Waals surface area contributed by atoms with Crippen molar-refractivity contribution in [1.29, 1.82) is 0 Å². The molecule has 2 aromatic heterocycles. The minimum absolute atomic E-state index is 0.0705. The molecular weight excluding hydrogens is 823 g/mol. The number of hydrogen-bond donors (Lipinski definition) is 8. The Morgan fingerprint density at radius 3 is 1.42 bits per heavy atom. The van der Waals surface area contributed by atoms with E-state index in [9.17, 15) is 24.6 Å². The Hall–Kier alpha value is -5.01. The summed E-state index contributed by atoms with van der Waals surface area (Å²) in [6.07, 6.45) is 8.83. The average molecular weight is 874 g/mol. The van der Waals surface area contributed by atoms with E-state index in [2.05, 4.69) is 31.2 Å². The van der Waals surface area contributed by atoms with Gasteiger partial charge in [0.15, 0.2) is 5.78 Å². The second-order valence-electron chi connectivity index (χ2n) is 17.9. The Bertz CT molecular complexity index is 2580. The zero-order valence-corrected chi connectivity index (χ0v) is 35.9. The fraction of sp³-hybridized carbons (Fsp3) is 0.367. The maximum Gasteiger partial charge on any atom is 0.251 e. The Morgan fingerprint density at radius 1 is 0.581 bits per heavy atom. The summed E-state index contributed by atoms with van der Waals surface area (Å²) in [6, 6.07) is 21.2. The number of halogens is 2. The van der Waals surface area contributed by atoms with Crippen molar-refractivity contribution in [1.82, 2.24) is 31.2 Å².